The summed E-state index contributed by atoms with van der Waals surface area (Å²) in [6.07, 6.45) is 6.93. The molecule has 1 atom stereocenters. The van der Waals surface area contributed by atoms with Gasteiger partial charge in [-0.25, -0.2) is 0 Å². The quantitative estimate of drug-likeness (QED) is 0.303. The van der Waals surface area contributed by atoms with E-state index in [9.17, 15) is 0 Å². The molecule has 1 aliphatic carbocycles. The van der Waals surface area contributed by atoms with Gasteiger partial charge in [-0.1, -0.05) is 76.2 Å². The molecular weight excluding hydrogens is 409 g/mol. The molecule has 0 aromatic rings. The normalized spacial score (nSPS) is 17.9. The average Bonchev–Trinajstić information content (AvgIpc) is 3.53. The standard InChI is InChI=1S/C14H28N2.C8H20NP.3C2H6/c1-5-14(6-7-14)12-15(3)9-8-13(2)10-16(4)11-13;1-5-9(4)7-6-8(2,3)10;3*1-2/h5-12H2,1-4H3;5-7,10H2,1-4H3;3*1-2H3. The molecule has 198 valence electrons. The molecule has 0 N–H and O–H groups in total. The fraction of sp³-hybridized carbons (Fsp3) is 1.00. The Hall–Kier alpha value is 0.310. The van der Waals surface area contributed by atoms with Crippen LogP contribution in [0, 0.1) is 10.8 Å². The molecule has 2 rings (SSSR count). The molecule has 0 aromatic heterocycles. The van der Waals surface area contributed by atoms with Crippen LogP contribution < -0.4 is 0 Å². The second kappa shape index (κ2) is 19.6. The second-order valence-corrected chi connectivity index (χ2v) is 12.0. The van der Waals surface area contributed by atoms with Crippen molar-refractivity contribution in [2.45, 2.75) is 113 Å². The molecular formula is C28H66N3P. The van der Waals surface area contributed by atoms with E-state index in [1.165, 1.54) is 64.8 Å². The number of likely N-dealkylation sites (tertiary alicyclic amines) is 1. The summed E-state index contributed by atoms with van der Waals surface area (Å²) in [5.41, 5.74) is 1.32. The highest BCUT2D eigenvalue weighted by atomic mass is 31.0. The van der Waals surface area contributed by atoms with E-state index in [0.717, 1.165) is 6.54 Å². The van der Waals surface area contributed by atoms with Crippen molar-refractivity contribution in [1.82, 2.24) is 14.7 Å². The van der Waals surface area contributed by atoms with Crippen molar-refractivity contribution in [3.63, 3.8) is 0 Å². The Balaban J connectivity index is -0.000000456. The van der Waals surface area contributed by atoms with Crippen LogP contribution in [0.25, 0.3) is 0 Å². The molecule has 0 spiro atoms. The van der Waals surface area contributed by atoms with Crippen molar-refractivity contribution in [2.24, 2.45) is 10.8 Å². The number of nitrogens with zero attached hydrogens (tertiary/aromatic N) is 3. The molecule has 32 heavy (non-hydrogen) atoms. The van der Waals surface area contributed by atoms with E-state index >= 15 is 0 Å². The Morgan fingerprint density at radius 2 is 1.34 bits per heavy atom. The van der Waals surface area contributed by atoms with Crippen molar-refractivity contribution in [1.29, 1.82) is 0 Å². The van der Waals surface area contributed by atoms with Gasteiger partial charge in [0.15, 0.2) is 0 Å². The minimum absolute atomic E-state index is 0.406. The minimum atomic E-state index is 0.406. The van der Waals surface area contributed by atoms with Crippen molar-refractivity contribution in [3.8, 4) is 0 Å². The van der Waals surface area contributed by atoms with Gasteiger partial charge in [-0.2, -0.15) is 0 Å². The van der Waals surface area contributed by atoms with Crippen LogP contribution in [0.5, 0.6) is 0 Å². The van der Waals surface area contributed by atoms with Crippen molar-refractivity contribution < 1.29 is 0 Å². The Morgan fingerprint density at radius 3 is 1.66 bits per heavy atom. The number of rotatable bonds is 10. The molecule has 1 saturated carbocycles. The summed E-state index contributed by atoms with van der Waals surface area (Å²) in [5, 5.41) is 0.406. The Kier molecular flexibility index (Phi) is 22.6. The highest BCUT2D eigenvalue weighted by Gasteiger charge is 2.42. The zero-order chi connectivity index (χ0) is 26.0. The summed E-state index contributed by atoms with van der Waals surface area (Å²) in [6, 6.07) is 0. The van der Waals surface area contributed by atoms with Gasteiger partial charge in [0.25, 0.3) is 0 Å². The predicted octanol–water partition coefficient (Wildman–Crippen LogP) is 7.51. The van der Waals surface area contributed by atoms with E-state index in [4.69, 9.17) is 0 Å². The SMILES string of the molecule is CC.CC.CC.CCC1(CN(C)CCC2(C)CN(C)C2)CC1.CCN(C)CCC(C)(C)P. The highest BCUT2D eigenvalue weighted by Crippen LogP contribution is 2.49. The van der Waals surface area contributed by atoms with Crippen LogP contribution in [-0.2, 0) is 0 Å². The Morgan fingerprint density at radius 1 is 0.875 bits per heavy atom. The van der Waals surface area contributed by atoms with Crippen LogP contribution >= 0.6 is 9.24 Å². The maximum absolute atomic E-state index is 2.88. The first-order chi connectivity index (χ1) is 14.9. The van der Waals surface area contributed by atoms with Gasteiger partial charge in [-0.05, 0) is 88.9 Å². The maximum Gasteiger partial charge on any atom is 0.00452 e. The Labute approximate surface area is 208 Å². The first-order valence-corrected chi connectivity index (χ1v) is 14.3. The highest BCUT2D eigenvalue weighted by molar-refractivity contribution is 7.18. The predicted molar refractivity (Wildman–Crippen MR) is 155 cm³/mol. The lowest BCUT2D eigenvalue weighted by Crippen LogP contribution is -2.53. The molecule has 0 amide bonds. The van der Waals surface area contributed by atoms with Gasteiger partial charge < -0.3 is 14.7 Å². The van der Waals surface area contributed by atoms with E-state index < -0.39 is 0 Å². The van der Waals surface area contributed by atoms with Gasteiger partial charge in [0, 0.05) is 19.6 Å². The van der Waals surface area contributed by atoms with Crippen LogP contribution in [0.2, 0.25) is 0 Å². The summed E-state index contributed by atoms with van der Waals surface area (Å²) in [5.74, 6) is 0. The van der Waals surface area contributed by atoms with E-state index in [1.54, 1.807) is 0 Å². The van der Waals surface area contributed by atoms with Gasteiger partial charge in [0.2, 0.25) is 0 Å². The molecule has 0 radical (unpaired) electrons. The zero-order valence-electron chi connectivity index (χ0n) is 25.2. The van der Waals surface area contributed by atoms with Crippen molar-refractivity contribution in [2.75, 3.05) is 60.4 Å². The number of hydrogen-bond acceptors (Lipinski definition) is 3. The molecule has 1 heterocycles. The molecule has 4 heteroatoms. The summed E-state index contributed by atoms with van der Waals surface area (Å²) in [7, 11) is 9.57. The largest absolute Gasteiger partial charge is 0.307 e. The minimum Gasteiger partial charge on any atom is -0.307 e. The third kappa shape index (κ3) is 18.7. The van der Waals surface area contributed by atoms with Gasteiger partial charge in [-0.15, -0.1) is 9.24 Å². The summed E-state index contributed by atoms with van der Waals surface area (Å²) < 4.78 is 0. The van der Waals surface area contributed by atoms with E-state index in [0.29, 0.717) is 16.0 Å². The van der Waals surface area contributed by atoms with E-state index in [1.807, 2.05) is 41.5 Å². The number of hydrogen-bond donors (Lipinski definition) is 0. The lowest BCUT2D eigenvalue weighted by molar-refractivity contribution is 0.0231. The van der Waals surface area contributed by atoms with E-state index in [2.05, 4.69) is 79.7 Å². The first kappa shape index (κ1) is 36.9. The van der Waals surface area contributed by atoms with Crippen LogP contribution in [0.1, 0.15) is 108 Å². The third-order valence-corrected chi connectivity index (χ3v) is 6.68. The first-order valence-electron chi connectivity index (χ1n) is 13.8. The van der Waals surface area contributed by atoms with E-state index in [-0.39, 0.29) is 0 Å². The maximum atomic E-state index is 2.88. The van der Waals surface area contributed by atoms with Gasteiger partial charge >= 0.3 is 0 Å². The third-order valence-electron chi connectivity index (χ3n) is 6.39. The van der Waals surface area contributed by atoms with Gasteiger partial charge in [0.1, 0.15) is 0 Å². The van der Waals surface area contributed by atoms with Crippen LogP contribution in [0.3, 0.4) is 0 Å². The fourth-order valence-electron chi connectivity index (χ4n) is 3.96. The summed E-state index contributed by atoms with van der Waals surface area (Å²) in [4.78, 5) is 7.33. The van der Waals surface area contributed by atoms with Crippen LogP contribution in [0.15, 0.2) is 0 Å². The molecule has 0 aromatic carbocycles. The molecule has 2 fully saturated rings. The van der Waals surface area contributed by atoms with Gasteiger partial charge in [0.05, 0.1) is 0 Å². The van der Waals surface area contributed by atoms with Gasteiger partial charge in [-0.3, -0.25) is 0 Å². The fourth-order valence-corrected chi connectivity index (χ4v) is 4.09. The molecule has 1 unspecified atom stereocenters. The average molecular weight is 476 g/mol. The Bertz CT molecular complexity index is 396. The molecule has 3 nitrogen and oxygen atoms in total. The molecule has 2 aliphatic rings. The monoisotopic (exact) mass is 475 g/mol. The molecule has 1 aliphatic heterocycles. The lowest BCUT2D eigenvalue weighted by Gasteiger charge is -2.47. The van der Waals surface area contributed by atoms with Crippen LogP contribution in [-0.4, -0.2) is 80.3 Å². The van der Waals surface area contributed by atoms with Crippen molar-refractivity contribution in [3.05, 3.63) is 0 Å². The van der Waals surface area contributed by atoms with Crippen LogP contribution in [0.4, 0.5) is 0 Å². The zero-order valence-corrected chi connectivity index (χ0v) is 26.4. The summed E-state index contributed by atoms with van der Waals surface area (Å²) >= 11 is 0. The molecule has 0 bridgehead atoms. The molecule has 1 saturated heterocycles. The lowest BCUT2D eigenvalue weighted by atomic mass is 9.79. The van der Waals surface area contributed by atoms with Crippen molar-refractivity contribution >= 4 is 9.24 Å². The second-order valence-electron chi connectivity index (χ2n) is 10.5. The summed E-state index contributed by atoms with van der Waals surface area (Å²) in [6.45, 7) is 31.0. The smallest absolute Gasteiger partial charge is 0.00452 e. The topological polar surface area (TPSA) is 9.72 Å².